The van der Waals surface area contributed by atoms with Crippen LogP contribution in [0.3, 0.4) is 0 Å². The van der Waals surface area contributed by atoms with Crippen molar-refractivity contribution in [3.63, 3.8) is 0 Å². The van der Waals surface area contributed by atoms with Crippen molar-refractivity contribution in [3.05, 3.63) is 18.2 Å². The van der Waals surface area contributed by atoms with Gasteiger partial charge in [0.2, 0.25) is 10.0 Å². The molecule has 1 aromatic carbocycles. The van der Waals surface area contributed by atoms with Gasteiger partial charge in [0.25, 0.3) is 0 Å². The van der Waals surface area contributed by atoms with Crippen molar-refractivity contribution in [3.8, 4) is 5.75 Å². The minimum Gasteiger partial charge on any atom is -0.506 e. The lowest BCUT2D eigenvalue weighted by molar-refractivity contribution is 0.307. The summed E-state index contributed by atoms with van der Waals surface area (Å²) in [6, 6.07) is 3.88. The number of phenols is 1. The van der Waals surface area contributed by atoms with Crippen LogP contribution < -0.4 is 10.5 Å². The number of benzene rings is 1. The van der Waals surface area contributed by atoms with Crippen molar-refractivity contribution in [2.75, 3.05) is 43.4 Å². The lowest BCUT2D eigenvalue weighted by atomic mass is 10.3. The fraction of sp³-hybridized carbons (Fsp3) is 0.500. The van der Waals surface area contributed by atoms with Crippen LogP contribution in [-0.4, -0.2) is 56.1 Å². The van der Waals surface area contributed by atoms with E-state index in [0.717, 1.165) is 24.6 Å². The number of phenolic OH excluding ortho intramolecular Hbond substituents is 1. The topological polar surface area (TPSA) is 95.7 Å². The molecule has 1 fully saturated rings. The van der Waals surface area contributed by atoms with Crippen molar-refractivity contribution in [1.82, 2.24) is 9.62 Å². The Labute approximate surface area is 123 Å². The number of hydrogen-bond acceptors (Lipinski definition) is 6. The normalized spacial score (nSPS) is 17.2. The van der Waals surface area contributed by atoms with E-state index in [1.165, 1.54) is 18.2 Å². The van der Waals surface area contributed by atoms with E-state index >= 15 is 0 Å². The van der Waals surface area contributed by atoms with E-state index in [0.29, 0.717) is 13.1 Å². The zero-order chi connectivity index (χ0) is 14.6. The highest BCUT2D eigenvalue weighted by Crippen LogP contribution is 2.22. The quantitative estimate of drug-likeness (QED) is 0.534. The van der Waals surface area contributed by atoms with Gasteiger partial charge in [0.1, 0.15) is 5.75 Å². The van der Waals surface area contributed by atoms with Crippen LogP contribution in [-0.2, 0) is 10.0 Å². The van der Waals surface area contributed by atoms with Gasteiger partial charge in [-0.25, -0.2) is 13.1 Å². The Morgan fingerprint density at radius 3 is 2.70 bits per heavy atom. The van der Waals surface area contributed by atoms with Gasteiger partial charge in [-0.1, -0.05) is 0 Å². The van der Waals surface area contributed by atoms with E-state index < -0.39 is 10.0 Å². The molecule has 0 saturated carbocycles. The molecule has 0 amide bonds. The van der Waals surface area contributed by atoms with Gasteiger partial charge >= 0.3 is 0 Å². The molecule has 20 heavy (non-hydrogen) atoms. The molecule has 1 saturated heterocycles. The fourth-order valence-electron chi connectivity index (χ4n) is 1.95. The van der Waals surface area contributed by atoms with Crippen LogP contribution in [0.1, 0.15) is 0 Å². The van der Waals surface area contributed by atoms with Gasteiger partial charge in [0, 0.05) is 37.7 Å². The van der Waals surface area contributed by atoms with E-state index in [-0.39, 0.29) is 16.3 Å². The lowest BCUT2D eigenvalue weighted by Crippen LogP contribution is -2.39. The van der Waals surface area contributed by atoms with Crippen molar-refractivity contribution in [2.24, 2.45) is 0 Å². The minimum atomic E-state index is -3.57. The summed E-state index contributed by atoms with van der Waals surface area (Å²) in [4.78, 5) is 2.31. The van der Waals surface area contributed by atoms with Crippen molar-refractivity contribution in [1.29, 1.82) is 0 Å². The fourth-order valence-corrected chi connectivity index (χ4v) is 3.98. The number of nitrogens with two attached hydrogens (primary N) is 1. The molecule has 112 valence electrons. The smallest absolute Gasteiger partial charge is 0.240 e. The standard InChI is InChI=1S/C12H19N3O3S2/c13-11-9-10(1-2-12(11)16)20(17,18)14-3-4-15-5-7-19-8-6-15/h1-2,9,14,16H,3-8,13H2. The Balaban J connectivity index is 1.91. The summed E-state index contributed by atoms with van der Waals surface area (Å²) in [5, 5.41) is 9.31. The predicted molar refractivity (Wildman–Crippen MR) is 81.5 cm³/mol. The molecule has 1 aliphatic heterocycles. The van der Waals surface area contributed by atoms with Crippen LogP contribution in [0.15, 0.2) is 23.1 Å². The third-order valence-electron chi connectivity index (χ3n) is 3.13. The van der Waals surface area contributed by atoms with E-state index in [1.54, 1.807) is 0 Å². The summed E-state index contributed by atoms with van der Waals surface area (Å²) < 4.78 is 26.7. The van der Waals surface area contributed by atoms with Gasteiger partial charge in [-0.2, -0.15) is 11.8 Å². The summed E-state index contributed by atoms with van der Waals surface area (Å²) in [6.07, 6.45) is 0. The zero-order valence-electron chi connectivity index (χ0n) is 11.1. The third kappa shape index (κ3) is 4.02. The molecular formula is C12H19N3O3S2. The summed E-state index contributed by atoms with van der Waals surface area (Å²) in [6.45, 7) is 3.07. The first-order valence-corrected chi connectivity index (χ1v) is 9.01. The molecule has 0 radical (unpaired) electrons. The minimum absolute atomic E-state index is 0.0564. The highest BCUT2D eigenvalue weighted by atomic mass is 32.2. The van der Waals surface area contributed by atoms with Crippen LogP contribution in [0.5, 0.6) is 5.75 Å². The summed E-state index contributed by atoms with van der Waals surface area (Å²) in [5.74, 6) is 2.08. The van der Waals surface area contributed by atoms with Gasteiger partial charge < -0.3 is 15.7 Å². The van der Waals surface area contributed by atoms with E-state index in [9.17, 15) is 13.5 Å². The van der Waals surface area contributed by atoms with Crippen molar-refractivity contribution < 1.29 is 13.5 Å². The van der Waals surface area contributed by atoms with E-state index in [2.05, 4.69) is 9.62 Å². The third-order valence-corrected chi connectivity index (χ3v) is 5.53. The lowest BCUT2D eigenvalue weighted by Gasteiger charge is -2.25. The molecule has 0 aromatic heterocycles. The van der Waals surface area contributed by atoms with Gasteiger partial charge in [0.05, 0.1) is 10.6 Å². The molecule has 1 aliphatic rings. The predicted octanol–water partition coefficient (Wildman–Crippen LogP) is 0.302. The number of nitrogens with zero attached hydrogens (tertiary/aromatic N) is 1. The first-order valence-electron chi connectivity index (χ1n) is 6.37. The van der Waals surface area contributed by atoms with Crippen LogP contribution in [0, 0.1) is 0 Å². The van der Waals surface area contributed by atoms with Crippen LogP contribution in [0.2, 0.25) is 0 Å². The van der Waals surface area contributed by atoms with Gasteiger partial charge in [0.15, 0.2) is 0 Å². The summed E-state index contributed by atoms with van der Waals surface area (Å²) >= 11 is 1.92. The molecular weight excluding hydrogens is 298 g/mol. The number of anilines is 1. The summed E-state index contributed by atoms with van der Waals surface area (Å²) in [7, 11) is -3.57. The highest BCUT2D eigenvalue weighted by Gasteiger charge is 2.16. The Morgan fingerprint density at radius 2 is 2.05 bits per heavy atom. The molecule has 0 bridgehead atoms. The second-order valence-electron chi connectivity index (χ2n) is 4.57. The van der Waals surface area contributed by atoms with Crippen LogP contribution >= 0.6 is 11.8 Å². The van der Waals surface area contributed by atoms with E-state index in [1.807, 2.05) is 11.8 Å². The van der Waals surface area contributed by atoms with Crippen molar-refractivity contribution >= 4 is 27.5 Å². The molecule has 0 spiro atoms. The summed E-state index contributed by atoms with van der Waals surface area (Å²) in [5.41, 5.74) is 5.57. The number of hydrogen-bond donors (Lipinski definition) is 3. The van der Waals surface area contributed by atoms with Crippen LogP contribution in [0.4, 0.5) is 5.69 Å². The average molecular weight is 317 g/mol. The number of nitrogen functional groups attached to an aromatic ring is 1. The Bertz CT molecular complexity index is 557. The van der Waals surface area contributed by atoms with Gasteiger partial charge in [-0.3, -0.25) is 0 Å². The molecule has 0 atom stereocenters. The SMILES string of the molecule is Nc1cc(S(=O)(=O)NCCN2CCSCC2)ccc1O. The molecule has 1 aromatic rings. The van der Waals surface area contributed by atoms with Gasteiger partial charge in [-0.15, -0.1) is 0 Å². The molecule has 8 heteroatoms. The monoisotopic (exact) mass is 317 g/mol. The Morgan fingerprint density at radius 1 is 1.35 bits per heavy atom. The number of thioether (sulfide) groups is 1. The molecule has 4 N–H and O–H groups in total. The highest BCUT2D eigenvalue weighted by molar-refractivity contribution is 7.99. The maximum Gasteiger partial charge on any atom is 0.240 e. The van der Waals surface area contributed by atoms with E-state index in [4.69, 9.17) is 5.73 Å². The second-order valence-corrected chi connectivity index (χ2v) is 7.56. The Hall–Kier alpha value is -0.960. The number of rotatable bonds is 5. The van der Waals surface area contributed by atoms with Gasteiger partial charge in [-0.05, 0) is 18.2 Å². The molecule has 0 aliphatic carbocycles. The maximum absolute atomic E-state index is 12.1. The molecule has 6 nitrogen and oxygen atoms in total. The number of sulfonamides is 1. The number of aromatic hydroxyl groups is 1. The van der Waals surface area contributed by atoms with Crippen molar-refractivity contribution in [2.45, 2.75) is 4.90 Å². The second kappa shape index (κ2) is 6.66. The first-order chi connectivity index (χ1) is 9.49. The molecule has 0 unspecified atom stereocenters. The largest absolute Gasteiger partial charge is 0.506 e. The number of nitrogens with one attached hydrogen (secondary N) is 1. The van der Waals surface area contributed by atoms with Crippen LogP contribution in [0.25, 0.3) is 0 Å². The molecule has 2 rings (SSSR count). The average Bonchev–Trinajstić information content (AvgIpc) is 2.43. The molecule has 1 heterocycles. The Kier molecular flexibility index (Phi) is 5.14. The maximum atomic E-state index is 12.1. The zero-order valence-corrected chi connectivity index (χ0v) is 12.7. The first kappa shape index (κ1) is 15.4.